The van der Waals surface area contributed by atoms with Crippen LogP contribution >= 0.6 is 12.2 Å². The zero-order valence-corrected chi connectivity index (χ0v) is 14.3. The Bertz CT molecular complexity index is 539. The lowest BCUT2D eigenvalue weighted by Crippen LogP contribution is -2.42. The Hall–Kier alpha value is -1.76. The molecule has 0 radical (unpaired) electrons. The normalized spacial score (nSPS) is 16.5. The Morgan fingerprint density at radius 1 is 1.30 bits per heavy atom. The Labute approximate surface area is 143 Å². The van der Waals surface area contributed by atoms with Gasteiger partial charge in [0.05, 0.1) is 19.4 Å². The average Bonchev–Trinajstić information content (AvgIpc) is 2.57. The minimum atomic E-state index is 0.544. The van der Waals surface area contributed by atoms with E-state index in [0.717, 1.165) is 50.5 Å². The van der Waals surface area contributed by atoms with Gasteiger partial charge in [0, 0.05) is 26.2 Å². The highest BCUT2D eigenvalue weighted by molar-refractivity contribution is 7.80. The fourth-order valence-electron chi connectivity index (χ4n) is 2.23. The molecule has 0 saturated carbocycles. The summed E-state index contributed by atoms with van der Waals surface area (Å²) in [5.74, 6) is 0. The number of rotatable bonds is 6. The highest BCUT2D eigenvalue weighted by atomic mass is 32.1. The standard InChI is InChI=1S/C17H24N4OS/c1-15(13-16-5-3-2-4-6-16)14-19-20-17(23)18-7-8-21-9-11-22-12-10-21/h2-6,13-14H,7-12H2,1H3,(H2,18,20,23)/b15-13+,19-14+. The lowest BCUT2D eigenvalue weighted by Gasteiger charge is -2.26. The SMILES string of the molecule is CC(/C=N/NC(=S)NCCN1CCOCC1)=C\c1ccccc1. The molecule has 0 spiro atoms. The molecule has 0 unspecified atom stereocenters. The second-order valence-electron chi connectivity index (χ2n) is 5.38. The fraction of sp³-hybridized carbons (Fsp3) is 0.412. The summed E-state index contributed by atoms with van der Waals surface area (Å²) in [6.45, 7) is 7.39. The number of benzene rings is 1. The first kappa shape index (κ1) is 17.6. The monoisotopic (exact) mass is 332 g/mol. The van der Waals surface area contributed by atoms with Crippen LogP contribution in [-0.4, -0.2) is 55.6 Å². The van der Waals surface area contributed by atoms with E-state index in [2.05, 4.69) is 39.0 Å². The molecule has 0 aliphatic carbocycles. The topological polar surface area (TPSA) is 48.9 Å². The van der Waals surface area contributed by atoms with E-state index in [9.17, 15) is 0 Å². The van der Waals surface area contributed by atoms with Crippen LogP contribution in [0.4, 0.5) is 0 Å². The summed E-state index contributed by atoms with van der Waals surface area (Å²) in [4.78, 5) is 2.36. The molecule has 6 heteroatoms. The maximum absolute atomic E-state index is 5.32. The maximum atomic E-state index is 5.32. The van der Waals surface area contributed by atoms with Gasteiger partial charge < -0.3 is 10.1 Å². The Kier molecular flexibility index (Phi) is 7.72. The summed E-state index contributed by atoms with van der Waals surface area (Å²) in [5, 5.41) is 7.85. The lowest BCUT2D eigenvalue weighted by atomic mass is 10.1. The van der Waals surface area contributed by atoms with Gasteiger partial charge in [-0.15, -0.1) is 0 Å². The van der Waals surface area contributed by atoms with Crippen molar-refractivity contribution in [1.29, 1.82) is 0 Å². The van der Waals surface area contributed by atoms with Gasteiger partial charge in [-0.05, 0) is 30.3 Å². The van der Waals surface area contributed by atoms with Crippen LogP contribution in [0, 0.1) is 0 Å². The number of hydrazone groups is 1. The zero-order valence-electron chi connectivity index (χ0n) is 13.5. The summed E-state index contributed by atoms with van der Waals surface area (Å²) in [5.41, 5.74) is 5.05. The van der Waals surface area contributed by atoms with Crippen molar-refractivity contribution in [2.75, 3.05) is 39.4 Å². The number of nitrogens with one attached hydrogen (secondary N) is 2. The smallest absolute Gasteiger partial charge is 0.187 e. The Morgan fingerprint density at radius 2 is 2.04 bits per heavy atom. The van der Waals surface area contributed by atoms with Gasteiger partial charge in [-0.3, -0.25) is 10.3 Å². The molecule has 1 aromatic carbocycles. The van der Waals surface area contributed by atoms with E-state index in [1.807, 2.05) is 25.1 Å². The average molecular weight is 332 g/mol. The molecule has 0 aromatic heterocycles. The van der Waals surface area contributed by atoms with Gasteiger partial charge in [0.15, 0.2) is 5.11 Å². The second-order valence-corrected chi connectivity index (χ2v) is 5.79. The molecule has 2 N–H and O–H groups in total. The van der Waals surface area contributed by atoms with Gasteiger partial charge in [0.2, 0.25) is 0 Å². The number of hydrogen-bond donors (Lipinski definition) is 2. The molecule has 124 valence electrons. The molecule has 5 nitrogen and oxygen atoms in total. The largest absolute Gasteiger partial charge is 0.379 e. The molecular formula is C17H24N4OS. The number of thiocarbonyl (C=S) groups is 1. The second kappa shape index (κ2) is 10.1. The molecule has 1 aliphatic rings. The predicted octanol–water partition coefficient (Wildman–Crippen LogP) is 1.87. The van der Waals surface area contributed by atoms with Crippen molar-refractivity contribution in [2.45, 2.75) is 6.92 Å². The van der Waals surface area contributed by atoms with Crippen molar-refractivity contribution in [2.24, 2.45) is 5.10 Å². The summed E-state index contributed by atoms with van der Waals surface area (Å²) >= 11 is 5.20. The highest BCUT2D eigenvalue weighted by Gasteiger charge is 2.09. The Morgan fingerprint density at radius 3 is 2.78 bits per heavy atom. The molecule has 1 aromatic rings. The summed E-state index contributed by atoms with van der Waals surface area (Å²) < 4.78 is 5.32. The molecule has 1 fully saturated rings. The van der Waals surface area contributed by atoms with E-state index in [4.69, 9.17) is 17.0 Å². The van der Waals surface area contributed by atoms with Crippen molar-refractivity contribution < 1.29 is 4.74 Å². The van der Waals surface area contributed by atoms with Crippen molar-refractivity contribution in [1.82, 2.24) is 15.6 Å². The Balaban J connectivity index is 1.64. The summed E-state index contributed by atoms with van der Waals surface area (Å²) in [7, 11) is 0. The molecular weight excluding hydrogens is 308 g/mol. The van der Waals surface area contributed by atoms with E-state index in [1.54, 1.807) is 6.21 Å². The van der Waals surface area contributed by atoms with Gasteiger partial charge in [-0.2, -0.15) is 5.10 Å². The van der Waals surface area contributed by atoms with Crippen LogP contribution in [0.5, 0.6) is 0 Å². The molecule has 0 atom stereocenters. The first-order valence-corrected chi connectivity index (χ1v) is 8.25. The van der Waals surface area contributed by atoms with E-state index >= 15 is 0 Å². The van der Waals surface area contributed by atoms with E-state index in [-0.39, 0.29) is 0 Å². The molecule has 1 heterocycles. The van der Waals surface area contributed by atoms with E-state index < -0.39 is 0 Å². The van der Waals surface area contributed by atoms with Gasteiger partial charge in [-0.25, -0.2) is 0 Å². The minimum absolute atomic E-state index is 0.544. The molecule has 1 aliphatic heterocycles. The quantitative estimate of drug-likeness (QED) is 0.473. The van der Waals surface area contributed by atoms with Crippen molar-refractivity contribution in [3.05, 3.63) is 41.5 Å². The molecule has 23 heavy (non-hydrogen) atoms. The van der Waals surface area contributed by atoms with Crippen molar-refractivity contribution in [3.8, 4) is 0 Å². The van der Waals surface area contributed by atoms with Crippen LogP contribution in [0.15, 0.2) is 41.0 Å². The summed E-state index contributed by atoms with van der Waals surface area (Å²) in [6, 6.07) is 10.2. The van der Waals surface area contributed by atoms with Crippen molar-refractivity contribution in [3.63, 3.8) is 0 Å². The molecule has 0 bridgehead atoms. The van der Waals surface area contributed by atoms with Crippen LogP contribution in [0.1, 0.15) is 12.5 Å². The minimum Gasteiger partial charge on any atom is -0.379 e. The van der Waals surface area contributed by atoms with Crippen LogP contribution in [0.25, 0.3) is 6.08 Å². The predicted molar refractivity (Wildman–Crippen MR) is 99.6 cm³/mol. The zero-order chi connectivity index (χ0) is 16.3. The van der Waals surface area contributed by atoms with Gasteiger partial charge in [-0.1, -0.05) is 36.4 Å². The maximum Gasteiger partial charge on any atom is 0.187 e. The summed E-state index contributed by atoms with van der Waals surface area (Å²) in [6.07, 6.45) is 3.84. The number of hydrogen-bond acceptors (Lipinski definition) is 4. The first-order chi connectivity index (χ1) is 11.2. The lowest BCUT2D eigenvalue weighted by molar-refractivity contribution is 0.0389. The number of morpholine rings is 1. The third kappa shape index (κ3) is 7.36. The van der Waals surface area contributed by atoms with Crippen LogP contribution in [-0.2, 0) is 4.74 Å². The van der Waals surface area contributed by atoms with Crippen LogP contribution in [0.2, 0.25) is 0 Å². The van der Waals surface area contributed by atoms with Gasteiger partial charge >= 0.3 is 0 Å². The van der Waals surface area contributed by atoms with E-state index in [1.165, 1.54) is 0 Å². The van der Waals surface area contributed by atoms with E-state index in [0.29, 0.717) is 5.11 Å². The van der Waals surface area contributed by atoms with Crippen LogP contribution in [0.3, 0.4) is 0 Å². The first-order valence-electron chi connectivity index (χ1n) is 7.84. The van der Waals surface area contributed by atoms with Gasteiger partial charge in [0.25, 0.3) is 0 Å². The third-order valence-corrected chi connectivity index (χ3v) is 3.68. The highest BCUT2D eigenvalue weighted by Crippen LogP contribution is 2.04. The van der Waals surface area contributed by atoms with Crippen molar-refractivity contribution >= 4 is 29.6 Å². The van der Waals surface area contributed by atoms with Gasteiger partial charge in [0.1, 0.15) is 0 Å². The third-order valence-electron chi connectivity index (χ3n) is 3.45. The number of ether oxygens (including phenoxy) is 1. The van der Waals surface area contributed by atoms with Crippen LogP contribution < -0.4 is 10.7 Å². The molecule has 1 saturated heterocycles. The fourth-order valence-corrected chi connectivity index (χ4v) is 2.39. The molecule has 2 rings (SSSR count). The molecule has 0 amide bonds. The number of nitrogens with zero attached hydrogens (tertiary/aromatic N) is 2. The number of allylic oxidation sites excluding steroid dienone is 1.